The molecule has 2 aromatic carbocycles. The van der Waals surface area contributed by atoms with Crippen molar-refractivity contribution in [3.05, 3.63) is 65.7 Å². The first-order valence-electron chi connectivity index (χ1n) is 7.09. The molecule has 1 saturated heterocycles. The Morgan fingerprint density at radius 2 is 1.52 bits per heavy atom. The quantitative estimate of drug-likeness (QED) is 0.864. The summed E-state index contributed by atoms with van der Waals surface area (Å²) in [5.41, 5.74) is 0.713. The largest absolute Gasteiger partial charge is 0.371 e. The zero-order valence-electron chi connectivity index (χ0n) is 12.2. The predicted molar refractivity (Wildman–Crippen MR) is 80.3 cm³/mol. The van der Waals surface area contributed by atoms with Gasteiger partial charge in [0, 0.05) is 13.1 Å². The first-order valence-corrected chi connectivity index (χ1v) is 8.53. The Bertz CT molecular complexity index is 776. The summed E-state index contributed by atoms with van der Waals surface area (Å²) in [7, 11) is -3.72. The van der Waals surface area contributed by atoms with Crippen molar-refractivity contribution >= 4 is 10.0 Å². The van der Waals surface area contributed by atoms with Crippen LogP contribution >= 0.6 is 0 Å². The monoisotopic (exact) mass is 339 g/mol. The molecule has 0 aliphatic carbocycles. The highest BCUT2D eigenvalue weighted by Crippen LogP contribution is 2.26. The molecule has 1 aliphatic rings. The van der Waals surface area contributed by atoms with E-state index in [2.05, 4.69) is 0 Å². The molecule has 2 aromatic rings. The number of halogens is 2. The van der Waals surface area contributed by atoms with Gasteiger partial charge in [-0.1, -0.05) is 12.1 Å². The summed E-state index contributed by atoms with van der Waals surface area (Å²) in [4.78, 5) is 0.0404. The van der Waals surface area contributed by atoms with Gasteiger partial charge in [-0.2, -0.15) is 4.31 Å². The second kappa shape index (κ2) is 6.35. The third-order valence-electron chi connectivity index (χ3n) is 3.72. The van der Waals surface area contributed by atoms with Crippen molar-refractivity contribution in [2.24, 2.45) is 0 Å². The van der Waals surface area contributed by atoms with E-state index in [9.17, 15) is 17.2 Å². The van der Waals surface area contributed by atoms with Crippen molar-refractivity contribution in [2.75, 3.05) is 19.7 Å². The lowest BCUT2D eigenvalue weighted by molar-refractivity contribution is -0.00258. The minimum absolute atomic E-state index is 0.0404. The summed E-state index contributed by atoms with van der Waals surface area (Å²) < 4.78 is 58.1. The van der Waals surface area contributed by atoms with Crippen molar-refractivity contribution in [1.82, 2.24) is 4.31 Å². The molecule has 1 fully saturated rings. The number of hydrogen-bond acceptors (Lipinski definition) is 3. The van der Waals surface area contributed by atoms with Crippen LogP contribution in [0.1, 0.15) is 11.7 Å². The minimum Gasteiger partial charge on any atom is -0.371 e. The van der Waals surface area contributed by atoms with E-state index in [1.54, 1.807) is 12.1 Å². The maximum atomic E-state index is 13.0. The molecule has 0 saturated carbocycles. The van der Waals surface area contributed by atoms with Crippen molar-refractivity contribution in [3.8, 4) is 0 Å². The van der Waals surface area contributed by atoms with E-state index in [-0.39, 0.29) is 30.4 Å². The zero-order chi connectivity index (χ0) is 16.4. The number of rotatable bonds is 3. The van der Waals surface area contributed by atoms with Gasteiger partial charge in [-0.05, 0) is 42.0 Å². The van der Waals surface area contributed by atoms with Gasteiger partial charge in [-0.3, -0.25) is 0 Å². The molecule has 3 rings (SSSR count). The predicted octanol–water partition coefficient (Wildman–Crippen LogP) is 2.73. The van der Waals surface area contributed by atoms with Crippen LogP contribution < -0.4 is 0 Å². The number of nitrogens with zero attached hydrogens (tertiary/aromatic N) is 1. The molecule has 23 heavy (non-hydrogen) atoms. The molecule has 1 atom stereocenters. The van der Waals surface area contributed by atoms with Crippen molar-refractivity contribution < 1.29 is 21.9 Å². The third-order valence-corrected chi connectivity index (χ3v) is 5.60. The van der Waals surface area contributed by atoms with Gasteiger partial charge in [0.1, 0.15) is 11.6 Å². The highest BCUT2D eigenvalue weighted by atomic mass is 32.2. The summed E-state index contributed by atoms with van der Waals surface area (Å²) in [5, 5.41) is 0. The van der Waals surface area contributed by atoms with E-state index in [1.807, 2.05) is 0 Å². The average molecular weight is 339 g/mol. The molecule has 7 heteroatoms. The number of morpholine rings is 1. The van der Waals surface area contributed by atoms with Gasteiger partial charge in [0.25, 0.3) is 0 Å². The molecule has 0 unspecified atom stereocenters. The minimum atomic E-state index is -3.72. The Balaban J connectivity index is 1.82. The van der Waals surface area contributed by atoms with Crippen LogP contribution in [-0.2, 0) is 14.8 Å². The number of sulfonamides is 1. The maximum Gasteiger partial charge on any atom is 0.243 e. The van der Waals surface area contributed by atoms with Crippen LogP contribution in [0, 0.1) is 11.6 Å². The van der Waals surface area contributed by atoms with E-state index in [0.717, 1.165) is 12.1 Å². The molecule has 122 valence electrons. The number of hydrogen-bond donors (Lipinski definition) is 0. The highest BCUT2D eigenvalue weighted by molar-refractivity contribution is 7.89. The van der Waals surface area contributed by atoms with Gasteiger partial charge in [0.2, 0.25) is 10.0 Å². The summed E-state index contributed by atoms with van der Waals surface area (Å²) in [6.45, 7) is 0.589. The van der Waals surface area contributed by atoms with Crippen LogP contribution in [0.4, 0.5) is 8.78 Å². The number of benzene rings is 2. The van der Waals surface area contributed by atoms with Gasteiger partial charge in [0.15, 0.2) is 0 Å². The summed E-state index contributed by atoms with van der Waals surface area (Å²) in [6.07, 6.45) is -0.459. The van der Waals surface area contributed by atoms with Gasteiger partial charge in [0.05, 0.1) is 17.6 Å². The fourth-order valence-electron chi connectivity index (χ4n) is 2.48. The standard InChI is InChI=1S/C16H15F2NO3S/c17-13-3-1-12(2-4-13)16-11-19(9-10-22-16)23(20,21)15-7-5-14(18)6-8-15/h1-8,16H,9-11H2/t16-/m1/s1. The highest BCUT2D eigenvalue weighted by Gasteiger charge is 2.31. The van der Waals surface area contributed by atoms with Crippen molar-refractivity contribution in [1.29, 1.82) is 0 Å². The lowest BCUT2D eigenvalue weighted by Gasteiger charge is -2.32. The first kappa shape index (κ1) is 16.0. The van der Waals surface area contributed by atoms with Crippen LogP contribution in [0.15, 0.2) is 53.4 Å². The van der Waals surface area contributed by atoms with Crippen molar-refractivity contribution in [2.45, 2.75) is 11.0 Å². The molecule has 0 N–H and O–H groups in total. The lowest BCUT2D eigenvalue weighted by atomic mass is 10.1. The first-order chi connectivity index (χ1) is 11.0. The van der Waals surface area contributed by atoms with Crippen molar-refractivity contribution in [3.63, 3.8) is 0 Å². The zero-order valence-corrected chi connectivity index (χ0v) is 13.0. The van der Waals surface area contributed by atoms with E-state index >= 15 is 0 Å². The topological polar surface area (TPSA) is 46.6 Å². The van der Waals surface area contributed by atoms with Crippen LogP contribution in [0.5, 0.6) is 0 Å². The van der Waals surface area contributed by atoms with Gasteiger partial charge in [-0.25, -0.2) is 17.2 Å². The molecule has 1 aliphatic heterocycles. The van der Waals surface area contributed by atoms with E-state index in [1.165, 1.54) is 28.6 Å². The Morgan fingerprint density at radius 1 is 0.957 bits per heavy atom. The number of ether oxygens (including phenoxy) is 1. The van der Waals surface area contributed by atoms with E-state index in [4.69, 9.17) is 4.74 Å². The Labute approximate surface area is 133 Å². The molecular formula is C16H15F2NO3S. The molecule has 4 nitrogen and oxygen atoms in total. The Morgan fingerprint density at radius 3 is 2.13 bits per heavy atom. The second-order valence-electron chi connectivity index (χ2n) is 5.23. The van der Waals surface area contributed by atoms with Crippen LogP contribution in [0.2, 0.25) is 0 Å². The van der Waals surface area contributed by atoms with Gasteiger partial charge >= 0.3 is 0 Å². The third kappa shape index (κ3) is 3.41. The van der Waals surface area contributed by atoms with E-state index < -0.39 is 21.9 Å². The SMILES string of the molecule is O=S(=O)(c1ccc(F)cc1)N1CCO[C@@H](c2ccc(F)cc2)C1. The van der Waals surface area contributed by atoms with Gasteiger partial charge in [-0.15, -0.1) is 0 Å². The summed E-state index contributed by atoms with van der Waals surface area (Å²) in [5.74, 6) is -0.851. The molecular weight excluding hydrogens is 324 g/mol. The fourth-order valence-corrected chi connectivity index (χ4v) is 3.90. The molecule has 1 heterocycles. The second-order valence-corrected chi connectivity index (χ2v) is 7.17. The van der Waals surface area contributed by atoms with Crippen LogP contribution in [0.3, 0.4) is 0 Å². The van der Waals surface area contributed by atoms with E-state index in [0.29, 0.717) is 5.56 Å². The summed E-state index contributed by atoms with van der Waals surface area (Å²) >= 11 is 0. The smallest absolute Gasteiger partial charge is 0.243 e. The molecule has 0 aromatic heterocycles. The average Bonchev–Trinajstić information content (AvgIpc) is 2.56. The Kier molecular flexibility index (Phi) is 4.43. The van der Waals surface area contributed by atoms with Crippen LogP contribution in [0.25, 0.3) is 0 Å². The molecule has 0 bridgehead atoms. The lowest BCUT2D eigenvalue weighted by Crippen LogP contribution is -2.42. The van der Waals surface area contributed by atoms with Gasteiger partial charge < -0.3 is 4.74 Å². The summed E-state index contributed by atoms with van der Waals surface area (Å²) in [6, 6.07) is 10.5. The molecule has 0 amide bonds. The normalized spacial score (nSPS) is 19.7. The van der Waals surface area contributed by atoms with Crippen LogP contribution in [-0.4, -0.2) is 32.4 Å². The Hall–Kier alpha value is -1.83. The maximum absolute atomic E-state index is 13.0. The molecule has 0 spiro atoms. The fraction of sp³-hybridized carbons (Fsp3) is 0.250. The molecule has 0 radical (unpaired) electrons.